The number of aromatic nitrogens is 1. The summed E-state index contributed by atoms with van der Waals surface area (Å²) in [6.45, 7) is 7.60. The van der Waals surface area contributed by atoms with Crippen molar-refractivity contribution in [2.24, 2.45) is 5.92 Å². The van der Waals surface area contributed by atoms with E-state index in [4.69, 9.17) is 4.74 Å². The van der Waals surface area contributed by atoms with E-state index in [0.717, 1.165) is 52.0 Å². The molecule has 0 aliphatic carbocycles. The van der Waals surface area contributed by atoms with Crippen molar-refractivity contribution in [3.8, 4) is 0 Å². The lowest BCUT2D eigenvalue weighted by molar-refractivity contribution is -0.140. The standard InChI is InChI=1S/C16H24N2O2S/c1-12-11-17-15(21-12)16(2)5-7-18(8-6-16)14(19)13-3-9-20-10-4-13/h11,13H,3-10H2,1-2H3. The van der Waals surface area contributed by atoms with Crippen molar-refractivity contribution in [2.75, 3.05) is 26.3 Å². The first-order valence-corrected chi connectivity index (χ1v) is 8.70. The van der Waals surface area contributed by atoms with Crippen molar-refractivity contribution < 1.29 is 9.53 Å². The number of hydrogen-bond donors (Lipinski definition) is 0. The van der Waals surface area contributed by atoms with Gasteiger partial charge in [0.15, 0.2) is 0 Å². The van der Waals surface area contributed by atoms with E-state index in [1.807, 2.05) is 6.20 Å². The van der Waals surface area contributed by atoms with Gasteiger partial charge in [0, 0.05) is 48.7 Å². The highest BCUT2D eigenvalue weighted by Crippen LogP contribution is 2.37. The number of carbonyl (C=O) groups excluding carboxylic acids is 1. The Hall–Kier alpha value is -0.940. The van der Waals surface area contributed by atoms with Crippen LogP contribution in [0.1, 0.15) is 42.5 Å². The van der Waals surface area contributed by atoms with Gasteiger partial charge >= 0.3 is 0 Å². The number of amides is 1. The summed E-state index contributed by atoms with van der Waals surface area (Å²) >= 11 is 1.80. The van der Waals surface area contributed by atoms with Crippen LogP contribution in [0.5, 0.6) is 0 Å². The first-order chi connectivity index (χ1) is 10.1. The largest absolute Gasteiger partial charge is 0.381 e. The zero-order valence-electron chi connectivity index (χ0n) is 12.9. The number of ether oxygens (including phenoxy) is 1. The minimum atomic E-state index is 0.144. The first-order valence-electron chi connectivity index (χ1n) is 7.88. The summed E-state index contributed by atoms with van der Waals surface area (Å²) in [5.74, 6) is 0.529. The zero-order chi connectivity index (χ0) is 14.9. The fourth-order valence-electron chi connectivity index (χ4n) is 3.27. The van der Waals surface area contributed by atoms with E-state index in [0.29, 0.717) is 5.91 Å². The number of aryl methyl sites for hydroxylation is 1. The number of piperidine rings is 1. The summed E-state index contributed by atoms with van der Waals surface area (Å²) in [7, 11) is 0. The summed E-state index contributed by atoms with van der Waals surface area (Å²) in [5, 5.41) is 1.23. The molecular weight excluding hydrogens is 284 g/mol. The molecule has 1 aromatic rings. The monoisotopic (exact) mass is 308 g/mol. The third kappa shape index (κ3) is 3.14. The quantitative estimate of drug-likeness (QED) is 0.843. The second kappa shape index (κ2) is 6.05. The highest BCUT2D eigenvalue weighted by Gasteiger charge is 2.37. The third-order valence-corrected chi connectivity index (χ3v) is 6.11. The topological polar surface area (TPSA) is 42.4 Å². The van der Waals surface area contributed by atoms with Gasteiger partial charge in [0.2, 0.25) is 5.91 Å². The molecule has 2 aliphatic heterocycles. The molecule has 0 bridgehead atoms. The van der Waals surface area contributed by atoms with Crippen molar-refractivity contribution in [3.05, 3.63) is 16.1 Å². The number of carbonyl (C=O) groups is 1. The van der Waals surface area contributed by atoms with Crippen LogP contribution in [-0.4, -0.2) is 42.1 Å². The molecule has 2 aliphatic rings. The lowest BCUT2D eigenvalue weighted by Crippen LogP contribution is -2.46. The maximum absolute atomic E-state index is 12.6. The van der Waals surface area contributed by atoms with Crippen molar-refractivity contribution in [3.63, 3.8) is 0 Å². The molecule has 2 fully saturated rings. The van der Waals surface area contributed by atoms with E-state index >= 15 is 0 Å². The van der Waals surface area contributed by atoms with Gasteiger partial charge in [-0.1, -0.05) is 6.92 Å². The maximum atomic E-state index is 12.6. The van der Waals surface area contributed by atoms with E-state index in [1.165, 1.54) is 9.88 Å². The van der Waals surface area contributed by atoms with Gasteiger partial charge in [-0.15, -0.1) is 11.3 Å². The average molecular weight is 308 g/mol. The van der Waals surface area contributed by atoms with Crippen LogP contribution in [0.3, 0.4) is 0 Å². The van der Waals surface area contributed by atoms with Crippen LogP contribution in [0.25, 0.3) is 0 Å². The minimum Gasteiger partial charge on any atom is -0.381 e. The van der Waals surface area contributed by atoms with Gasteiger partial charge in [-0.05, 0) is 32.6 Å². The van der Waals surface area contributed by atoms with Crippen LogP contribution in [0.4, 0.5) is 0 Å². The van der Waals surface area contributed by atoms with Gasteiger partial charge in [-0.2, -0.15) is 0 Å². The van der Waals surface area contributed by atoms with E-state index < -0.39 is 0 Å². The second-order valence-electron chi connectivity index (χ2n) is 6.55. The first kappa shape index (κ1) is 15.0. The predicted octanol–water partition coefficient (Wildman–Crippen LogP) is 2.76. The summed E-state index contributed by atoms with van der Waals surface area (Å²) < 4.78 is 5.35. The fourth-order valence-corrected chi connectivity index (χ4v) is 4.24. The van der Waals surface area contributed by atoms with Gasteiger partial charge in [0.05, 0.1) is 5.01 Å². The van der Waals surface area contributed by atoms with E-state index in [1.54, 1.807) is 11.3 Å². The highest BCUT2D eigenvalue weighted by atomic mass is 32.1. The summed E-state index contributed by atoms with van der Waals surface area (Å²) in [6.07, 6.45) is 5.78. The molecular formula is C16H24N2O2S. The number of likely N-dealkylation sites (tertiary alicyclic amines) is 1. The summed E-state index contributed by atoms with van der Waals surface area (Å²) in [4.78, 5) is 20.5. The molecule has 3 heterocycles. The van der Waals surface area contributed by atoms with Gasteiger partial charge in [-0.3, -0.25) is 4.79 Å². The predicted molar refractivity (Wildman–Crippen MR) is 83.6 cm³/mol. The Labute approximate surface area is 130 Å². The third-order valence-electron chi connectivity index (χ3n) is 4.89. The number of hydrogen-bond acceptors (Lipinski definition) is 4. The van der Waals surface area contributed by atoms with Crippen LogP contribution in [0.15, 0.2) is 6.20 Å². The molecule has 21 heavy (non-hydrogen) atoms. The number of nitrogens with zero attached hydrogens (tertiary/aromatic N) is 2. The van der Waals surface area contributed by atoms with Crippen LogP contribution in [0.2, 0.25) is 0 Å². The van der Waals surface area contributed by atoms with Crippen LogP contribution in [0, 0.1) is 12.8 Å². The molecule has 5 heteroatoms. The lowest BCUT2D eigenvalue weighted by Gasteiger charge is -2.39. The van der Waals surface area contributed by atoms with Crippen molar-refractivity contribution in [2.45, 2.75) is 44.9 Å². The van der Waals surface area contributed by atoms with E-state index in [2.05, 4.69) is 23.7 Å². The normalized spacial score (nSPS) is 23.2. The molecule has 2 saturated heterocycles. The van der Waals surface area contributed by atoms with Gasteiger partial charge in [-0.25, -0.2) is 4.98 Å². The van der Waals surface area contributed by atoms with Crippen LogP contribution < -0.4 is 0 Å². The summed E-state index contributed by atoms with van der Waals surface area (Å²) in [5.41, 5.74) is 0.144. The highest BCUT2D eigenvalue weighted by molar-refractivity contribution is 7.11. The Morgan fingerprint density at radius 1 is 1.38 bits per heavy atom. The molecule has 116 valence electrons. The summed E-state index contributed by atoms with van der Waals surface area (Å²) in [6, 6.07) is 0. The molecule has 0 aromatic carbocycles. The molecule has 0 N–H and O–H groups in total. The maximum Gasteiger partial charge on any atom is 0.225 e. The van der Waals surface area contributed by atoms with Gasteiger partial charge in [0.1, 0.15) is 0 Å². The fraction of sp³-hybridized carbons (Fsp3) is 0.750. The molecule has 0 unspecified atom stereocenters. The van der Waals surface area contributed by atoms with Crippen LogP contribution >= 0.6 is 11.3 Å². The Kier molecular flexibility index (Phi) is 4.31. The smallest absolute Gasteiger partial charge is 0.225 e. The second-order valence-corrected chi connectivity index (χ2v) is 7.78. The minimum absolute atomic E-state index is 0.144. The number of rotatable bonds is 2. The molecule has 0 spiro atoms. The lowest BCUT2D eigenvalue weighted by atomic mass is 9.80. The molecule has 0 radical (unpaired) electrons. The molecule has 1 amide bonds. The van der Waals surface area contributed by atoms with Crippen molar-refractivity contribution >= 4 is 17.2 Å². The molecule has 0 atom stereocenters. The van der Waals surface area contributed by atoms with Gasteiger partial charge in [0.25, 0.3) is 0 Å². The number of thiazole rings is 1. The molecule has 4 nitrogen and oxygen atoms in total. The zero-order valence-corrected chi connectivity index (χ0v) is 13.7. The van der Waals surface area contributed by atoms with Crippen molar-refractivity contribution in [1.29, 1.82) is 0 Å². The SMILES string of the molecule is Cc1cnc(C2(C)CCN(C(=O)C3CCOCC3)CC2)s1. The average Bonchev–Trinajstić information content (AvgIpc) is 2.96. The Morgan fingerprint density at radius 3 is 2.62 bits per heavy atom. The Bertz CT molecular complexity index is 500. The van der Waals surface area contributed by atoms with Gasteiger partial charge < -0.3 is 9.64 Å². The van der Waals surface area contributed by atoms with Crippen LogP contribution in [-0.2, 0) is 14.9 Å². The molecule has 0 saturated carbocycles. The Balaban J connectivity index is 1.60. The van der Waals surface area contributed by atoms with E-state index in [-0.39, 0.29) is 11.3 Å². The molecule has 3 rings (SSSR count). The Morgan fingerprint density at radius 2 is 2.05 bits per heavy atom. The van der Waals surface area contributed by atoms with E-state index in [9.17, 15) is 4.79 Å². The molecule has 1 aromatic heterocycles. The van der Waals surface area contributed by atoms with Crippen molar-refractivity contribution in [1.82, 2.24) is 9.88 Å².